The fraction of sp³-hybridized carbons (Fsp3) is 0.280. The van der Waals surface area contributed by atoms with Crippen molar-refractivity contribution in [3.63, 3.8) is 0 Å². The summed E-state index contributed by atoms with van der Waals surface area (Å²) in [5.41, 5.74) is 2.89. The Morgan fingerprint density at radius 2 is 1.21 bits per heavy atom. The van der Waals surface area contributed by atoms with Crippen molar-refractivity contribution in [2.24, 2.45) is 0 Å². The molecule has 154 valence electrons. The summed E-state index contributed by atoms with van der Waals surface area (Å²) in [5.74, 6) is 0. The first-order valence-corrected chi connectivity index (χ1v) is 15.7. The van der Waals surface area contributed by atoms with E-state index in [0.717, 1.165) is 11.3 Å². The monoisotopic (exact) mass is 478 g/mol. The van der Waals surface area contributed by atoms with Gasteiger partial charge in [0.25, 0.3) is 0 Å². The van der Waals surface area contributed by atoms with Gasteiger partial charge in [0.2, 0.25) is 0 Å². The maximum atomic E-state index is 4.89. The summed E-state index contributed by atoms with van der Waals surface area (Å²) in [5, 5.41) is 7.05. The van der Waals surface area contributed by atoms with E-state index in [9.17, 15) is 0 Å². The first kappa shape index (κ1) is 24.7. The Hall–Kier alpha value is -0.616. The summed E-state index contributed by atoms with van der Waals surface area (Å²) in [4.78, 5) is 0. The molecule has 0 aliphatic rings. The first-order chi connectivity index (χ1) is 13.9. The van der Waals surface area contributed by atoms with Crippen LogP contribution in [0.25, 0.3) is 21.5 Å². The molecule has 0 aliphatic heterocycles. The van der Waals surface area contributed by atoms with E-state index in [1.165, 1.54) is 27.1 Å². The summed E-state index contributed by atoms with van der Waals surface area (Å²) >= 11 is -0.556. The normalized spacial score (nSPS) is 10.8. The van der Waals surface area contributed by atoms with E-state index in [4.69, 9.17) is 18.6 Å². The Morgan fingerprint density at radius 1 is 0.759 bits per heavy atom. The maximum absolute atomic E-state index is 4.89. The van der Waals surface area contributed by atoms with E-state index in [1.807, 2.05) is 0 Å². The summed E-state index contributed by atoms with van der Waals surface area (Å²) in [7, 11) is 9.76. The van der Waals surface area contributed by atoms with Crippen molar-refractivity contribution in [2.45, 2.75) is 45.9 Å². The van der Waals surface area contributed by atoms with Crippen molar-refractivity contribution in [3.8, 4) is 0 Å². The predicted octanol–water partition coefficient (Wildman–Crippen LogP) is 8.73. The van der Waals surface area contributed by atoms with Crippen molar-refractivity contribution in [2.75, 3.05) is 0 Å². The molecule has 0 fully saturated rings. The summed E-state index contributed by atoms with van der Waals surface area (Å²) in [6, 6.07) is 26.3. The molecular formula is C25H29Cl2PTi-2. The number of hydrogen-bond donors (Lipinski definition) is 0. The van der Waals surface area contributed by atoms with E-state index in [0.29, 0.717) is 0 Å². The van der Waals surface area contributed by atoms with Gasteiger partial charge in [-0.25, -0.2) is 0 Å². The Morgan fingerprint density at radius 3 is 1.66 bits per heavy atom. The van der Waals surface area contributed by atoms with Crippen LogP contribution in [-0.2, 0) is 17.0 Å². The Balaban J connectivity index is 0.000000196. The van der Waals surface area contributed by atoms with Gasteiger partial charge in [0, 0.05) is 0 Å². The molecule has 0 aliphatic carbocycles. The van der Waals surface area contributed by atoms with Crippen LogP contribution in [0.4, 0.5) is 0 Å². The van der Waals surface area contributed by atoms with Gasteiger partial charge in [-0.1, -0.05) is 54.7 Å². The van der Waals surface area contributed by atoms with Gasteiger partial charge in [-0.2, -0.15) is 12.1 Å². The van der Waals surface area contributed by atoms with E-state index in [1.54, 1.807) is 5.30 Å². The minimum atomic E-state index is -0.556. The molecule has 0 saturated heterocycles. The third kappa shape index (κ3) is 7.24. The van der Waals surface area contributed by atoms with Gasteiger partial charge in [0.05, 0.1) is 0 Å². The fourth-order valence-electron chi connectivity index (χ4n) is 3.78. The number of benzene rings is 2. The molecule has 4 rings (SSSR count). The van der Waals surface area contributed by atoms with Crippen molar-refractivity contribution in [1.29, 1.82) is 0 Å². The molecule has 0 N–H and O–H groups in total. The Labute approximate surface area is 193 Å². The average Bonchev–Trinajstić information content (AvgIpc) is 3.24. The van der Waals surface area contributed by atoms with Crippen molar-refractivity contribution < 1.29 is 17.0 Å². The topological polar surface area (TPSA) is 0 Å². The quantitative estimate of drug-likeness (QED) is 0.157. The van der Waals surface area contributed by atoms with Crippen LogP contribution < -0.4 is 5.30 Å². The van der Waals surface area contributed by atoms with Crippen molar-refractivity contribution in [1.82, 2.24) is 0 Å². The van der Waals surface area contributed by atoms with E-state index in [-0.39, 0.29) is 7.92 Å². The van der Waals surface area contributed by atoms with E-state index >= 15 is 0 Å². The van der Waals surface area contributed by atoms with Gasteiger partial charge in [0.1, 0.15) is 0 Å². The molecule has 0 nitrogen and oxygen atoms in total. The molecule has 29 heavy (non-hydrogen) atoms. The third-order valence-electron chi connectivity index (χ3n) is 4.78. The molecule has 0 heterocycles. The van der Waals surface area contributed by atoms with Crippen LogP contribution in [0.5, 0.6) is 0 Å². The van der Waals surface area contributed by atoms with E-state index < -0.39 is 17.0 Å². The SMILES string of the molecule is CC(C)P(c1cc2ccccc2[cH-]1)C(C)C.Cc1cc2ccccc2[cH-]1.[Cl][Ti][Cl]. The fourth-order valence-corrected chi connectivity index (χ4v) is 6.74. The summed E-state index contributed by atoms with van der Waals surface area (Å²) < 4.78 is 0. The number of fused-ring (bicyclic) bond motifs is 2. The van der Waals surface area contributed by atoms with Crippen LogP contribution >= 0.6 is 26.5 Å². The zero-order valence-corrected chi connectivity index (χ0v) is 21.8. The molecule has 0 saturated carbocycles. The van der Waals surface area contributed by atoms with Crippen molar-refractivity contribution >= 4 is 53.4 Å². The molecule has 0 radical (unpaired) electrons. The molecule has 0 amide bonds. The molecule has 0 unspecified atom stereocenters. The molecule has 4 aromatic carbocycles. The zero-order chi connectivity index (χ0) is 21.4. The Kier molecular flexibility index (Phi) is 10.4. The molecule has 0 atom stereocenters. The molecule has 0 aromatic heterocycles. The number of halogens is 2. The van der Waals surface area contributed by atoms with Gasteiger partial charge in [-0.15, -0.1) is 80.9 Å². The standard InChI is InChI=1S/C15H20P.C10H9.2ClH.Ti/c1-11(2)16(12(3)4)15-9-13-7-5-6-8-14(13)10-15;1-8-6-9-4-2-3-5-10(9)7-8;;;/h5-12H,1-4H3;2-7H,1H3;2*1H;/q2*-1;;;+2/p-2. The summed E-state index contributed by atoms with van der Waals surface area (Å²) in [6.07, 6.45) is 0. The van der Waals surface area contributed by atoms with Crippen LogP contribution in [0, 0.1) is 6.92 Å². The third-order valence-corrected chi connectivity index (χ3v) is 7.86. The summed E-state index contributed by atoms with van der Waals surface area (Å²) in [6.45, 7) is 11.5. The number of aryl methyl sites for hydroxylation is 1. The second-order valence-electron chi connectivity index (χ2n) is 7.67. The predicted molar refractivity (Wildman–Crippen MR) is 132 cm³/mol. The molecule has 0 bridgehead atoms. The van der Waals surface area contributed by atoms with Gasteiger partial charge in [-0.3, -0.25) is 0 Å². The van der Waals surface area contributed by atoms with Gasteiger partial charge < -0.3 is 0 Å². The average molecular weight is 479 g/mol. The van der Waals surface area contributed by atoms with Crippen LogP contribution in [-0.4, -0.2) is 11.3 Å². The molecule has 4 heteroatoms. The van der Waals surface area contributed by atoms with Crippen molar-refractivity contribution in [3.05, 3.63) is 78.4 Å². The Bertz CT molecular complexity index is 926. The van der Waals surface area contributed by atoms with Gasteiger partial charge in [0.15, 0.2) is 0 Å². The minimum absolute atomic E-state index is 0.0206. The van der Waals surface area contributed by atoms with Crippen LogP contribution in [0.15, 0.2) is 72.8 Å². The molecular weight excluding hydrogens is 450 g/mol. The molecule has 0 spiro atoms. The van der Waals surface area contributed by atoms with Crippen LogP contribution in [0.3, 0.4) is 0 Å². The zero-order valence-electron chi connectivity index (χ0n) is 17.8. The van der Waals surface area contributed by atoms with Gasteiger partial charge in [-0.05, 0) is 11.3 Å². The van der Waals surface area contributed by atoms with Crippen LogP contribution in [0.2, 0.25) is 0 Å². The number of rotatable bonds is 3. The second kappa shape index (κ2) is 12.3. The van der Waals surface area contributed by atoms with E-state index in [2.05, 4.69) is 107 Å². The van der Waals surface area contributed by atoms with Gasteiger partial charge >= 0.3 is 35.6 Å². The second-order valence-corrected chi connectivity index (χ2v) is 13.6. The number of hydrogen-bond acceptors (Lipinski definition) is 0. The molecule has 4 aromatic rings. The van der Waals surface area contributed by atoms with Crippen LogP contribution in [0.1, 0.15) is 33.3 Å². The first-order valence-electron chi connectivity index (χ1n) is 9.89.